The van der Waals surface area contributed by atoms with Gasteiger partial charge < -0.3 is 5.11 Å². The predicted octanol–water partition coefficient (Wildman–Crippen LogP) is 0.228. The Morgan fingerprint density at radius 1 is 1.56 bits per heavy atom. The van der Waals surface area contributed by atoms with E-state index in [-0.39, 0.29) is 4.75 Å². The molecule has 0 aliphatic carbocycles. The quantitative estimate of drug-likeness (QED) is 0.773. The molecule has 2 fully saturated rings. The number of nitrogens with zero attached hydrogens (tertiary/aromatic N) is 1. The smallest absolute Gasteiger partial charge is 0.307 e. The molecule has 2 aliphatic heterocycles. The lowest BCUT2D eigenvalue weighted by Gasteiger charge is -2.27. The molecule has 0 amide bonds. The molecule has 5 nitrogen and oxygen atoms in total. The van der Waals surface area contributed by atoms with E-state index in [0.29, 0.717) is 25.9 Å². The van der Waals surface area contributed by atoms with Gasteiger partial charge in [0.1, 0.15) is 0 Å². The molecule has 0 saturated carbocycles. The summed E-state index contributed by atoms with van der Waals surface area (Å²) < 4.78 is 23.9. The van der Waals surface area contributed by atoms with E-state index in [1.165, 1.54) is 10.6 Å². The highest BCUT2D eigenvalue weighted by molar-refractivity contribution is 8.01. The summed E-state index contributed by atoms with van der Waals surface area (Å²) in [5, 5.41) is 9.15. The van der Waals surface area contributed by atoms with Crippen LogP contribution < -0.4 is 0 Å². The first-order valence-corrected chi connectivity index (χ1v) is 8.00. The van der Waals surface area contributed by atoms with Crippen LogP contribution in [0.4, 0.5) is 0 Å². The zero-order valence-corrected chi connectivity index (χ0v) is 10.7. The fourth-order valence-electron chi connectivity index (χ4n) is 2.55. The number of thioether (sulfide) groups is 1. The van der Waals surface area contributed by atoms with Gasteiger partial charge in [-0.25, -0.2) is 12.7 Å². The largest absolute Gasteiger partial charge is 0.481 e. The summed E-state index contributed by atoms with van der Waals surface area (Å²) in [6.45, 7) is 0.809. The summed E-state index contributed by atoms with van der Waals surface area (Å²) in [6.07, 6.45) is 2.49. The molecule has 7 heteroatoms. The van der Waals surface area contributed by atoms with Crippen LogP contribution in [0.5, 0.6) is 0 Å². The van der Waals surface area contributed by atoms with Crippen molar-refractivity contribution in [2.24, 2.45) is 5.92 Å². The highest BCUT2D eigenvalue weighted by Crippen LogP contribution is 2.49. The average Bonchev–Trinajstić information content (AvgIpc) is 2.73. The van der Waals surface area contributed by atoms with Crippen LogP contribution in [0.1, 0.15) is 12.8 Å². The zero-order chi connectivity index (χ0) is 12.0. The first-order valence-electron chi connectivity index (χ1n) is 5.17. The van der Waals surface area contributed by atoms with E-state index in [0.717, 1.165) is 5.75 Å². The highest BCUT2D eigenvalue weighted by atomic mass is 32.2. The predicted molar refractivity (Wildman–Crippen MR) is 62.0 cm³/mol. The molecule has 0 aromatic carbocycles. The standard InChI is InChI=1S/C9H15NO4S2/c1-16(13,14)10-4-3-9(6-10)7(8(11)12)2-5-15-9/h7H,2-6H2,1H3,(H,11,12). The maximum atomic E-state index is 11.4. The number of hydrogen-bond donors (Lipinski definition) is 1. The molecular weight excluding hydrogens is 250 g/mol. The van der Waals surface area contributed by atoms with Gasteiger partial charge in [-0.3, -0.25) is 4.79 Å². The summed E-state index contributed by atoms with van der Waals surface area (Å²) in [5.41, 5.74) is 0. The summed E-state index contributed by atoms with van der Waals surface area (Å²) in [7, 11) is -3.19. The van der Waals surface area contributed by atoms with Gasteiger partial charge in [-0.2, -0.15) is 11.8 Å². The van der Waals surface area contributed by atoms with Crippen LogP contribution in [0.3, 0.4) is 0 Å². The molecule has 2 heterocycles. The minimum atomic E-state index is -3.19. The molecule has 2 unspecified atom stereocenters. The van der Waals surface area contributed by atoms with E-state index in [4.69, 9.17) is 5.11 Å². The lowest BCUT2D eigenvalue weighted by atomic mass is 9.89. The topological polar surface area (TPSA) is 74.7 Å². The Kier molecular flexibility index (Phi) is 2.96. The van der Waals surface area contributed by atoms with Gasteiger partial charge in [-0.15, -0.1) is 0 Å². The Bertz CT molecular complexity index is 408. The Labute approximate surface area is 99.2 Å². The van der Waals surface area contributed by atoms with Gasteiger partial charge in [-0.05, 0) is 18.6 Å². The zero-order valence-electron chi connectivity index (χ0n) is 9.05. The minimum absolute atomic E-state index is 0.355. The summed E-state index contributed by atoms with van der Waals surface area (Å²) >= 11 is 1.62. The normalized spacial score (nSPS) is 35.9. The molecule has 16 heavy (non-hydrogen) atoms. The first-order chi connectivity index (χ1) is 7.35. The van der Waals surface area contributed by atoms with Crippen molar-refractivity contribution < 1.29 is 18.3 Å². The number of carbonyl (C=O) groups is 1. The van der Waals surface area contributed by atoms with Crippen LogP contribution in [-0.4, -0.2) is 53.6 Å². The Morgan fingerprint density at radius 2 is 2.25 bits per heavy atom. The number of carboxylic acids is 1. The molecule has 1 N–H and O–H groups in total. The van der Waals surface area contributed by atoms with Crippen LogP contribution in [0.25, 0.3) is 0 Å². The number of hydrogen-bond acceptors (Lipinski definition) is 4. The monoisotopic (exact) mass is 265 g/mol. The Morgan fingerprint density at radius 3 is 2.75 bits per heavy atom. The van der Waals surface area contributed by atoms with Gasteiger partial charge in [0, 0.05) is 17.8 Å². The lowest BCUT2D eigenvalue weighted by molar-refractivity contribution is -0.142. The van der Waals surface area contributed by atoms with Crippen LogP contribution in [0.15, 0.2) is 0 Å². The lowest BCUT2D eigenvalue weighted by Crippen LogP contribution is -2.39. The molecule has 2 aliphatic rings. The molecule has 0 radical (unpaired) electrons. The highest BCUT2D eigenvalue weighted by Gasteiger charge is 2.52. The fraction of sp³-hybridized carbons (Fsp3) is 0.889. The van der Waals surface area contributed by atoms with Crippen LogP contribution in [-0.2, 0) is 14.8 Å². The molecule has 2 saturated heterocycles. The van der Waals surface area contributed by atoms with Crippen molar-refractivity contribution in [3.05, 3.63) is 0 Å². The van der Waals surface area contributed by atoms with Crippen LogP contribution in [0.2, 0.25) is 0 Å². The van der Waals surface area contributed by atoms with Crippen molar-refractivity contribution in [2.75, 3.05) is 25.1 Å². The fourth-order valence-corrected chi connectivity index (χ4v) is 5.18. The molecule has 0 aromatic heterocycles. The van der Waals surface area contributed by atoms with Crippen molar-refractivity contribution in [1.29, 1.82) is 0 Å². The number of carboxylic acid groups (broad SMARTS) is 1. The summed E-state index contributed by atoms with van der Waals surface area (Å²) in [4.78, 5) is 11.1. The maximum Gasteiger partial charge on any atom is 0.307 e. The van der Waals surface area contributed by atoms with Crippen molar-refractivity contribution in [2.45, 2.75) is 17.6 Å². The molecule has 2 rings (SSSR count). The van der Waals surface area contributed by atoms with Crippen molar-refractivity contribution in [3.8, 4) is 0 Å². The number of aliphatic carboxylic acids is 1. The molecule has 92 valence electrons. The van der Waals surface area contributed by atoms with Crippen molar-refractivity contribution in [3.63, 3.8) is 0 Å². The van der Waals surface area contributed by atoms with Gasteiger partial charge in [0.2, 0.25) is 10.0 Å². The second kappa shape index (κ2) is 3.89. The molecule has 2 atom stereocenters. The van der Waals surface area contributed by atoms with E-state index >= 15 is 0 Å². The molecule has 1 spiro atoms. The number of sulfonamides is 1. The maximum absolute atomic E-state index is 11.4. The van der Waals surface area contributed by atoms with Crippen LogP contribution in [0, 0.1) is 5.92 Å². The van der Waals surface area contributed by atoms with E-state index in [1.54, 1.807) is 11.8 Å². The Balaban J connectivity index is 2.20. The second-order valence-corrected chi connectivity index (χ2v) is 7.93. The number of rotatable bonds is 2. The van der Waals surface area contributed by atoms with E-state index in [9.17, 15) is 13.2 Å². The van der Waals surface area contributed by atoms with Crippen LogP contribution >= 0.6 is 11.8 Å². The first kappa shape index (κ1) is 12.2. The van der Waals surface area contributed by atoms with E-state index in [1.807, 2.05) is 0 Å². The van der Waals surface area contributed by atoms with Gasteiger partial charge in [0.05, 0.1) is 12.2 Å². The van der Waals surface area contributed by atoms with Crippen molar-refractivity contribution in [1.82, 2.24) is 4.31 Å². The van der Waals surface area contributed by atoms with E-state index in [2.05, 4.69) is 0 Å². The van der Waals surface area contributed by atoms with Gasteiger partial charge in [0.15, 0.2) is 0 Å². The summed E-state index contributed by atoms with van der Waals surface area (Å²) in [5.74, 6) is -0.376. The average molecular weight is 265 g/mol. The van der Waals surface area contributed by atoms with Gasteiger partial charge in [0.25, 0.3) is 0 Å². The third-order valence-electron chi connectivity index (χ3n) is 3.43. The molecule has 0 aromatic rings. The third-order valence-corrected chi connectivity index (χ3v) is 6.31. The van der Waals surface area contributed by atoms with Crippen molar-refractivity contribution >= 4 is 27.8 Å². The van der Waals surface area contributed by atoms with Gasteiger partial charge in [-0.1, -0.05) is 0 Å². The SMILES string of the molecule is CS(=O)(=O)N1CCC2(C1)SCCC2C(=O)O. The Hall–Kier alpha value is -0.270. The van der Waals surface area contributed by atoms with E-state index < -0.39 is 21.9 Å². The second-order valence-electron chi connectivity index (χ2n) is 4.44. The molecular formula is C9H15NO4S2. The van der Waals surface area contributed by atoms with Gasteiger partial charge >= 0.3 is 5.97 Å². The summed E-state index contributed by atoms with van der Waals surface area (Å²) in [6, 6.07) is 0. The minimum Gasteiger partial charge on any atom is -0.481 e. The molecule has 0 bridgehead atoms. The third kappa shape index (κ3) is 1.96.